The zero-order valence-corrected chi connectivity index (χ0v) is 8.97. The van der Waals surface area contributed by atoms with E-state index in [-0.39, 0.29) is 5.70 Å². The highest BCUT2D eigenvalue weighted by Crippen LogP contribution is 2.23. The monoisotopic (exact) mass is 221 g/mol. The Bertz CT molecular complexity index is 450. The average Bonchev–Trinajstić information content (AvgIpc) is 2.16. The summed E-state index contributed by atoms with van der Waals surface area (Å²) in [6, 6.07) is 5.18. The number of hydrogen-bond acceptors (Lipinski definition) is 4. The van der Waals surface area contributed by atoms with Gasteiger partial charge in [-0.2, -0.15) is 4.57 Å². The molecule has 0 atom stereocenters. The smallest absolute Gasteiger partial charge is 0.407 e. The van der Waals surface area contributed by atoms with Crippen LogP contribution in [-0.2, 0) is 14.3 Å². The molecule has 1 aliphatic heterocycles. The Morgan fingerprint density at radius 2 is 1.81 bits per heavy atom. The van der Waals surface area contributed by atoms with Crippen LogP contribution in [0.5, 0.6) is 0 Å². The number of pyridine rings is 1. The Kier molecular flexibility index (Phi) is 2.30. The van der Waals surface area contributed by atoms with Crippen molar-refractivity contribution < 1.29 is 23.9 Å². The quantitative estimate of drug-likeness (QED) is 0.485. The summed E-state index contributed by atoms with van der Waals surface area (Å²) in [4.78, 5) is 11.6. The van der Waals surface area contributed by atoms with Crippen molar-refractivity contribution >= 4 is 11.7 Å². The lowest BCUT2D eigenvalue weighted by molar-refractivity contribution is -0.590. The van der Waals surface area contributed by atoms with Crippen molar-refractivity contribution in [2.45, 2.75) is 19.6 Å². The molecule has 0 unspecified atom stereocenters. The number of carbonyl (C=O) groups excluding carboxylic acids is 1. The van der Waals surface area contributed by atoms with Crippen molar-refractivity contribution in [3.63, 3.8) is 0 Å². The van der Waals surface area contributed by atoms with Gasteiger partial charge in [-0.25, -0.2) is 4.79 Å². The lowest BCUT2D eigenvalue weighted by Gasteiger charge is -2.36. The molecule has 1 aromatic rings. The average molecular weight is 221 g/mol. The molecule has 0 saturated carbocycles. The molecule has 84 valence electrons. The van der Waals surface area contributed by atoms with E-state index in [1.54, 1.807) is 30.6 Å². The molecular weight excluding hydrogens is 210 g/mol. The van der Waals surface area contributed by atoms with E-state index in [1.807, 2.05) is 0 Å². The van der Waals surface area contributed by atoms with E-state index >= 15 is 0 Å². The number of cyclic esters (lactones) is 1. The van der Waals surface area contributed by atoms with Gasteiger partial charge in [0.2, 0.25) is 0 Å². The van der Waals surface area contributed by atoms with Crippen LogP contribution >= 0.6 is 0 Å². The van der Waals surface area contributed by atoms with E-state index in [0.29, 0.717) is 0 Å². The summed E-state index contributed by atoms with van der Waals surface area (Å²) < 4.78 is 11.3. The van der Waals surface area contributed by atoms with Crippen molar-refractivity contribution in [2.24, 2.45) is 0 Å². The third kappa shape index (κ3) is 1.84. The van der Waals surface area contributed by atoms with Crippen molar-refractivity contribution in [1.82, 2.24) is 0 Å². The fourth-order valence-corrected chi connectivity index (χ4v) is 1.41. The molecule has 0 saturated heterocycles. The minimum atomic E-state index is -1.20. The summed E-state index contributed by atoms with van der Waals surface area (Å²) in [5.41, 5.74) is -0.139. The molecule has 0 radical (unpaired) electrons. The third-order valence-electron chi connectivity index (χ3n) is 2.04. The largest absolute Gasteiger partial charge is 0.570 e. The van der Waals surface area contributed by atoms with Crippen molar-refractivity contribution in [3.8, 4) is 0 Å². The zero-order valence-electron chi connectivity index (χ0n) is 8.97. The van der Waals surface area contributed by atoms with Gasteiger partial charge in [-0.1, -0.05) is 6.07 Å². The SMILES string of the molecule is CC1(C)OC(=O)C([n+]2ccccc2)=C([O-])O1. The molecule has 0 aliphatic carbocycles. The first kappa shape index (κ1) is 10.5. The Balaban J connectivity index is 2.45. The predicted octanol–water partition coefficient (Wildman–Crippen LogP) is -0.230. The molecule has 5 nitrogen and oxygen atoms in total. The Hall–Kier alpha value is -2.04. The number of rotatable bonds is 1. The molecule has 16 heavy (non-hydrogen) atoms. The number of ether oxygens (including phenoxy) is 2. The predicted molar refractivity (Wildman–Crippen MR) is 51.1 cm³/mol. The first-order valence-electron chi connectivity index (χ1n) is 4.80. The number of hydrogen-bond donors (Lipinski definition) is 0. The van der Waals surface area contributed by atoms with Gasteiger partial charge in [-0.05, 0) is 13.8 Å². The summed E-state index contributed by atoms with van der Waals surface area (Å²) in [5, 5.41) is 11.6. The second kappa shape index (κ2) is 3.52. The van der Waals surface area contributed by atoms with Gasteiger partial charge in [0.1, 0.15) is 5.95 Å². The third-order valence-corrected chi connectivity index (χ3v) is 2.04. The molecule has 0 bridgehead atoms. The second-order valence-corrected chi connectivity index (χ2v) is 3.81. The maximum atomic E-state index is 11.6. The zero-order chi connectivity index (χ0) is 11.8. The molecule has 1 aromatic heterocycles. The van der Waals surface area contributed by atoms with Gasteiger partial charge in [-0.15, -0.1) is 0 Å². The molecule has 0 N–H and O–H groups in total. The van der Waals surface area contributed by atoms with Crippen LogP contribution in [-0.4, -0.2) is 11.8 Å². The number of aromatic nitrogens is 1. The van der Waals surface area contributed by atoms with Gasteiger partial charge in [-0.3, -0.25) is 0 Å². The van der Waals surface area contributed by atoms with E-state index in [1.165, 1.54) is 18.4 Å². The lowest BCUT2D eigenvalue weighted by atomic mass is 10.3. The van der Waals surface area contributed by atoms with Crippen molar-refractivity contribution in [2.75, 3.05) is 0 Å². The Morgan fingerprint density at radius 3 is 2.38 bits per heavy atom. The van der Waals surface area contributed by atoms with E-state index < -0.39 is 17.7 Å². The topological polar surface area (TPSA) is 62.5 Å². The Labute approximate surface area is 92.5 Å². The maximum absolute atomic E-state index is 11.6. The molecule has 0 spiro atoms. The molecule has 0 amide bonds. The van der Waals surface area contributed by atoms with Crippen LogP contribution in [0.4, 0.5) is 0 Å². The molecule has 0 fully saturated rings. The van der Waals surface area contributed by atoms with Crippen LogP contribution in [0.25, 0.3) is 5.70 Å². The fraction of sp³-hybridized carbons (Fsp3) is 0.273. The summed E-state index contributed by atoms with van der Waals surface area (Å²) >= 11 is 0. The van der Waals surface area contributed by atoms with E-state index in [4.69, 9.17) is 9.47 Å². The molecule has 0 aromatic carbocycles. The van der Waals surface area contributed by atoms with E-state index in [9.17, 15) is 9.90 Å². The second-order valence-electron chi connectivity index (χ2n) is 3.81. The van der Waals surface area contributed by atoms with Crippen LogP contribution in [0.15, 0.2) is 36.5 Å². The van der Waals surface area contributed by atoms with Crippen LogP contribution in [0.3, 0.4) is 0 Å². The summed E-state index contributed by atoms with van der Waals surface area (Å²) in [6.07, 6.45) is 3.16. The first-order chi connectivity index (χ1) is 7.49. The Morgan fingerprint density at radius 1 is 1.19 bits per heavy atom. The summed E-state index contributed by atoms with van der Waals surface area (Å²) in [6.45, 7) is 3.02. The van der Waals surface area contributed by atoms with Crippen LogP contribution < -0.4 is 9.67 Å². The van der Waals surface area contributed by atoms with Crippen LogP contribution in [0.1, 0.15) is 13.8 Å². The van der Waals surface area contributed by atoms with Crippen molar-refractivity contribution in [3.05, 3.63) is 36.5 Å². The van der Waals surface area contributed by atoms with Gasteiger partial charge in [0.25, 0.3) is 0 Å². The number of nitrogens with zero attached hydrogens (tertiary/aromatic N) is 1. The van der Waals surface area contributed by atoms with Gasteiger partial charge in [0, 0.05) is 12.1 Å². The highest BCUT2D eigenvalue weighted by molar-refractivity contribution is 6.06. The van der Waals surface area contributed by atoms with E-state index in [2.05, 4.69) is 0 Å². The van der Waals surface area contributed by atoms with Gasteiger partial charge in [0.05, 0.1) is 0 Å². The minimum Gasteiger partial charge on any atom is -0.570 e. The first-order valence-corrected chi connectivity index (χ1v) is 4.80. The van der Waals surface area contributed by atoms with Crippen LogP contribution in [0, 0.1) is 0 Å². The van der Waals surface area contributed by atoms with Crippen molar-refractivity contribution in [1.29, 1.82) is 0 Å². The number of carbonyl (C=O) groups is 1. The fourth-order valence-electron chi connectivity index (χ4n) is 1.41. The normalized spacial score (nSPS) is 19.0. The van der Waals surface area contributed by atoms with Gasteiger partial charge < -0.3 is 14.6 Å². The molecule has 2 heterocycles. The molecule has 5 heteroatoms. The lowest BCUT2D eigenvalue weighted by Crippen LogP contribution is -2.48. The summed E-state index contributed by atoms with van der Waals surface area (Å²) in [5.74, 6) is -2.57. The standard InChI is InChI=1S/C11H11NO4/c1-11(2)15-9(13)8(10(14)16-11)12-6-4-3-5-7-12/h3-7H,1-2H3. The van der Waals surface area contributed by atoms with E-state index in [0.717, 1.165) is 0 Å². The maximum Gasteiger partial charge on any atom is 0.407 e. The minimum absolute atomic E-state index is 0.139. The molecular formula is C11H11NO4. The van der Waals surface area contributed by atoms with Gasteiger partial charge in [0.15, 0.2) is 18.2 Å². The molecule has 1 aliphatic rings. The highest BCUT2D eigenvalue weighted by Gasteiger charge is 2.35. The molecule has 2 rings (SSSR count). The number of esters is 1. The highest BCUT2D eigenvalue weighted by atomic mass is 16.8. The van der Waals surface area contributed by atoms with Gasteiger partial charge >= 0.3 is 11.7 Å². The van der Waals surface area contributed by atoms with Crippen LogP contribution in [0.2, 0.25) is 0 Å². The summed E-state index contributed by atoms with van der Waals surface area (Å²) in [7, 11) is 0.